The smallest absolute Gasteiger partial charge is 0.146 e. The van der Waals surface area contributed by atoms with Crippen LogP contribution in [0.25, 0.3) is 22.2 Å². The van der Waals surface area contributed by atoms with Crippen molar-refractivity contribution >= 4 is 22.5 Å². The van der Waals surface area contributed by atoms with Crippen LogP contribution in [-0.2, 0) is 0 Å². The van der Waals surface area contributed by atoms with Gasteiger partial charge in [0.05, 0.1) is 24.1 Å². The number of hydrogen-bond acceptors (Lipinski definition) is 6. The molecule has 0 aliphatic heterocycles. The van der Waals surface area contributed by atoms with Crippen molar-refractivity contribution in [1.29, 1.82) is 0 Å². The van der Waals surface area contributed by atoms with Gasteiger partial charge in [0.25, 0.3) is 0 Å². The molecule has 5 atom stereocenters. The highest BCUT2D eigenvalue weighted by molar-refractivity contribution is 6.02. The molecule has 0 radical (unpaired) electrons. The molecule has 4 N–H and O–H groups in total. The van der Waals surface area contributed by atoms with Gasteiger partial charge in [-0.2, -0.15) is 0 Å². The number of rotatable bonds is 5. The van der Waals surface area contributed by atoms with E-state index < -0.39 is 17.6 Å². The Kier molecular flexibility index (Phi) is 4.33. The molecule has 7 heteroatoms. The second-order valence-electron chi connectivity index (χ2n) is 8.86. The fourth-order valence-corrected chi connectivity index (χ4v) is 5.45. The molecule has 2 saturated carbocycles. The van der Waals surface area contributed by atoms with Gasteiger partial charge in [-0.15, -0.1) is 0 Å². The number of aromatic nitrogens is 3. The minimum atomic E-state index is -0.972. The summed E-state index contributed by atoms with van der Waals surface area (Å²) in [6.07, 6.45) is 2.28. The first kappa shape index (κ1) is 19.4. The number of aliphatic hydroxyl groups excluding tert-OH is 3. The van der Waals surface area contributed by atoms with Gasteiger partial charge < -0.3 is 25.2 Å². The van der Waals surface area contributed by atoms with Crippen LogP contribution in [0, 0.1) is 11.3 Å². The molecule has 2 heterocycles. The average Bonchev–Trinajstić information content (AvgIpc) is 3.38. The van der Waals surface area contributed by atoms with E-state index >= 15 is 0 Å². The first-order chi connectivity index (χ1) is 15.6. The van der Waals surface area contributed by atoms with E-state index in [4.69, 9.17) is 0 Å². The standard InChI is InChI=1S/C25H24N4O3/c30-13-25-11-18(25)20(21(31)22(25)32)29-12-17(15-7-3-1-4-8-15)19-23(26-14-27-24(19)29)28-16-9-5-2-6-10-16/h1-10,12,14,18,20-22,30-32H,11,13H2,(H,26,27,28)/t18-,20-,21+,22+,25+/m1/s1. The molecule has 0 spiro atoms. The van der Waals surface area contributed by atoms with E-state index in [1.54, 1.807) is 0 Å². The van der Waals surface area contributed by atoms with E-state index in [1.165, 1.54) is 6.33 Å². The van der Waals surface area contributed by atoms with Crippen molar-refractivity contribution in [3.8, 4) is 11.1 Å². The molecule has 2 fully saturated rings. The van der Waals surface area contributed by atoms with Crippen LogP contribution in [0.5, 0.6) is 0 Å². The summed E-state index contributed by atoms with van der Waals surface area (Å²) in [6.45, 7) is -0.132. The molecule has 7 nitrogen and oxygen atoms in total. The lowest BCUT2D eigenvalue weighted by Gasteiger charge is -2.24. The van der Waals surface area contributed by atoms with Gasteiger partial charge in [-0.25, -0.2) is 9.97 Å². The summed E-state index contributed by atoms with van der Waals surface area (Å²) in [7, 11) is 0. The first-order valence-electron chi connectivity index (χ1n) is 10.8. The largest absolute Gasteiger partial charge is 0.396 e. The topological polar surface area (TPSA) is 103 Å². The highest BCUT2D eigenvalue weighted by Crippen LogP contribution is 2.67. The number of anilines is 2. The van der Waals surface area contributed by atoms with E-state index in [0.29, 0.717) is 17.9 Å². The molecule has 4 aromatic rings. The monoisotopic (exact) mass is 428 g/mol. The first-order valence-corrected chi connectivity index (χ1v) is 10.8. The molecule has 2 aromatic heterocycles. The van der Waals surface area contributed by atoms with Crippen LogP contribution < -0.4 is 5.32 Å². The van der Waals surface area contributed by atoms with E-state index in [0.717, 1.165) is 22.2 Å². The van der Waals surface area contributed by atoms with Crippen molar-refractivity contribution in [3.63, 3.8) is 0 Å². The van der Waals surface area contributed by atoms with Crippen molar-refractivity contribution in [2.45, 2.75) is 24.7 Å². The van der Waals surface area contributed by atoms with Crippen molar-refractivity contribution in [3.05, 3.63) is 73.2 Å². The average molecular weight is 428 g/mol. The quantitative estimate of drug-likeness (QED) is 0.390. The molecule has 0 unspecified atom stereocenters. The van der Waals surface area contributed by atoms with Crippen LogP contribution in [-0.4, -0.2) is 48.7 Å². The summed E-state index contributed by atoms with van der Waals surface area (Å²) in [5.74, 6) is 0.674. The number of nitrogens with one attached hydrogen (secondary N) is 1. The Morgan fingerprint density at radius 3 is 2.41 bits per heavy atom. The minimum absolute atomic E-state index is 0.00257. The minimum Gasteiger partial charge on any atom is -0.396 e. The molecular formula is C25H24N4O3. The Morgan fingerprint density at radius 1 is 1.00 bits per heavy atom. The van der Waals surface area contributed by atoms with Crippen LogP contribution in [0.3, 0.4) is 0 Å². The van der Waals surface area contributed by atoms with Crippen molar-refractivity contribution in [2.75, 3.05) is 11.9 Å². The number of fused-ring (bicyclic) bond motifs is 2. The Bertz CT molecular complexity index is 1280. The Hall–Kier alpha value is -3.26. The number of nitrogens with zero attached hydrogens (tertiary/aromatic N) is 3. The molecule has 32 heavy (non-hydrogen) atoms. The molecular weight excluding hydrogens is 404 g/mol. The highest BCUT2D eigenvalue weighted by Gasteiger charge is 2.71. The molecule has 0 saturated heterocycles. The van der Waals surface area contributed by atoms with Crippen molar-refractivity contribution < 1.29 is 15.3 Å². The number of benzene rings is 2. The molecule has 2 aliphatic rings. The fraction of sp³-hybridized carbons (Fsp3) is 0.280. The lowest BCUT2D eigenvalue weighted by molar-refractivity contribution is -0.0300. The van der Waals surface area contributed by atoms with Gasteiger partial charge in [-0.05, 0) is 30.0 Å². The third-order valence-electron chi connectivity index (χ3n) is 7.20. The lowest BCUT2D eigenvalue weighted by atomic mass is 10.0. The van der Waals surface area contributed by atoms with E-state index in [-0.39, 0.29) is 18.6 Å². The zero-order valence-electron chi connectivity index (χ0n) is 17.3. The highest BCUT2D eigenvalue weighted by atomic mass is 16.3. The van der Waals surface area contributed by atoms with Gasteiger partial charge in [0, 0.05) is 22.9 Å². The van der Waals surface area contributed by atoms with Gasteiger partial charge in [0.2, 0.25) is 0 Å². The summed E-state index contributed by atoms with van der Waals surface area (Å²) in [4.78, 5) is 9.13. The fourth-order valence-electron chi connectivity index (χ4n) is 5.45. The summed E-state index contributed by atoms with van der Waals surface area (Å²) in [5, 5.41) is 35.7. The maximum Gasteiger partial charge on any atom is 0.146 e. The second-order valence-corrected chi connectivity index (χ2v) is 8.86. The van der Waals surface area contributed by atoms with Crippen LogP contribution >= 0.6 is 0 Å². The summed E-state index contributed by atoms with van der Waals surface area (Å²) >= 11 is 0. The van der Waals surface area contributed by atoms with Gasteiger partial charge in [-0.3, -0.25) is 0 Å². The number of aliphatic hydroxyl groups is 3. The van der Waals surface area contributed by atoms with Gasteiger partial charge in [0.15, 0.2) is 0 Å². The zero-order valence-corrected chi connectivity index (χ0v) is 17.3. The van der Waals surface area contributed by atoms with E-state index in [2.05, 4.69) is 15.3 Å². The van der Waals surface area contributed by atoms with E-state index in [9.17, 15) is 15.3 Å². The lowest BCUT2D eigenvalue weighted by Crippen LogP contribution is -2.35. The SMILES string of the molecule is OC[C@@]12C[C@@H]1[C@@H](n1cc(-c3ccccc3)c3c(Nc4ccccc4)ncnc31)[C@H](O)[C@@H]2O. The summed E-state index contributed by atoms with van der Waals surface area (Å²) in [6, 6.07) is 19.5. The zero-order chi connectivity index (χ0) is 21.9. The maximum atomic E-state index is 10.9. The molecule has 0 amide bonds. The third kappa shape index (κ3) is 2.72. The molecule has 2 aliphatic carbocycles. The van der Waals surface area contributed by atoms with Crippen LogP contribution in [0.2, 0.25) is 0 Å². The van der Waals surface area contributed by atoms with Gasteiger partial charge in [-0.1, -0.05) is 48.5 Å². The molecule has 6 rings (SSSR count). The Labute approximate surface area is 185 Å². The normalized spacial score (nSPS) is 28.6. The maximum absolute atomic E-state index is 10.9. The summed E-state index contributed by atoms with van der Waals surface area (Å²) in [5.41, 5.74) is 2.94. The van der Waals surface area contributed by atoms with E-state index in [1.807, 2.05) is 71.4 Å². The molecule has 0 bridgehead atoms. The second kappa shape index (κ2) is 7.13. The van der Waals surface area contributed by atoms with Crippen LogP contribution in [0.4, 0.5) is 11.5 Å². The number of hydrogen-bond donors (Lipinski definition) is 4. The molecule has 162 valence electrons. The van der Waals surface area contributed by atoms with Gasteiger partial charge >= 0.3 is 0 Å². The number of para-hydroxylation sites is 1. The summed E-state index contributed by atoms with van der Waals surface area (Å²) < 4.78 is 1.97. The van der Waals surface area contributed by atoms with Gasteiger partial charge in [0.1, 0.15) is 23.9 Å². The predicted molar refractivity (Wildman–Crippen MR) is 121 cm³/mol. The van der Waals surface area contributed by atoms with Crippen molar-refractivity contribution in [2.24, 2.45) is 11.3 Å². The third-order valence-corrected chi connectivity index (χ3v) is 7.20. The van der Waals surface area contributed by atoms with Crippen LogP contribution in [0.1, 0.15) is 12.5 Å². The van der Waals surface area contributed by atoms with Crippen molar-refractivity contribution in [1.82, 2.24) is 14.5 Å². The Balaban J connectivity index is 1.55. The Morgan fingerprint density at radius 2 is 1.72 bits per heavy atom. The van der Waals surface area contributed by atoms with Crippen LogP contribution in [0.15, 0.2) is 73.2 Å². The predicted octanol–water partition coefficient (Wildman–Crippen LogP) is 3.12. The molecule has 2 aromatic carbocycles.